The maximum absolute atomic E-state index is 9.78. The summed E-state index contributed by atoms with van der Waals surface area (Å²) in [7, 11) is -2.03. The first-order chi connectivity index (χ1) is 13.1. The van der Waals surface area contributed by atoms with E-state index in [1.54, 1.807) is 0 Å². The molecule has 1 aromatic rings. The van der Waals surface area contributed by atoms with Crippen molar-refractivity contribution in [1.82, 2.24) is 0 Å². The molecule has 0 fully saturated rings. The summed E-state index contributed by atoms with van der Waals surface area (Å²) in [5.41, 5.74) is 2.23. The highest BCUT2D eigenvalue weighted by atomic mass is 28.4. The Hall–Kier alpha value is -1.15. The van der Waals surface area contributed by atoms with Crippen molar-refractivity contribution >= 4 is 8.32 Å². The molecule has 3 nitrogen and oxygen atoms in total. The standard InChI is InChI=1S/C24H41NO2Si/c1-19(2)28(20(3)4,21(5)6)27-23(24(7,8)18-25)15-12-16-26-17-22-13-10-9-11-14-22/h9-11,13-14,19-21,23H,12,15-17H2,1-8H3. The highest BCUT2D eigenvalue weighted by Gasteiger charge is 2.48. The normalized spacial score (nSPS) is 13.9. The molecule has 0 N–H and O–H groups in total. The summed E-state index contributed by atoms with van der Waals surface area (Å²) in [6.45, 7) is 19.1. The van der Waals surface area contributed by atoms with Crippen molar-refractivity contribution in [2.24, 2.45) is 5.41 Å². The van der Waals surface area contributed by atoms with Crippen LogP contribution in [0.2, 0.25) is 16.6 Å². The molecule has 0 aliphatic rings. The highest BCUT2D eigenvalue weighted by molar-refractivity contribution is 6.77. The molecule has 4 heteroatoms. The average Bonchev–Trinajstić information content (AvgIpc) is 2.63. The lowest BCUT2D eigenvalue weighted by molar-refractivity contribution is 0.0615. The predicted octanol–water partition coefficient (Wildman–Crippen LogP) is 7.09. The van der Waals surface area contributed by atoms with Crippen LogP contribution in [0.5, 0.6) is 0 Å². The number of ether oxygens (including phenoxy) is 1. The van der Waals surface area contributed by atoms with E-state index in [0.717, 1.165) is 12.8 Å². The van der Waals surface area contributed by atoms with Crippen LogP contribution in [0.15, 0.2) is 30.3 Å². The van der Waals surface area contributed by atoms with E-state index in [9.17, 15) is 5.26 Å². The topological polar surface area (TPSA) is 42.2 Å². The second-order valence-corrected chi connectivity index (χ2v) is 14.8. The summed E-state index contributed by atoms with van der Waals surface area (Å²) in [4.78, 5) is 0. The fourth-order valence-electron chi connectivity index (χ4n) is 4.43. The van der Waals surface area contributed by atoms with Crippen LogP contribution in [-0.2, 0) is 15.8 Å². The zero-order chi connectivity index (χ0) is 21.4. The van der Waals surface area contributed by atoms with E-state index in [1.165, 1.54) is 5.56 Å². The second kappa shape index (κ2) is 11.1. The van der Waals surface area contributed by atoms with Gasteiger partial charge < -0.3 is 9.16 Å². The molecule has 0 bridgehead atoms. The number of nitrogens with zero attached hydrogens (tertiary/aromatic N) is 1. The van der Waals surface area contributed by atoms with E-state index in [2.05, 4.69) is 59.7 Å². The van der Waals surface area contributed by atoms with E-state index in [-0.39, 0.29) is 6.10 Å². The number of rotatable bonds is 12. The molecule has 1 rings (SSSR count). The van der Waals surface area contributed by atoms with E-state index in [0.29, 0.717) is 29.8 Å². The molecule has 0 aliphatic heterocycles. The van der Waals surface area contributed by atoms with Gasteiger partial charge in [-0.25, -0.2) is 0 Å². The predicted molar refractivity (Wildman–Crippen MR) is 121 cm³/mol. The van der Waals surface area contributed by atoms with Gasteiger partial charge in [-0.05, 0) is 48.9 Å². The van der Waals surface area contributed by atoms with E-state index in [1.807, 2.05) is 32.0 Å². The molecule has 0 heterocycles. The van der Waals surface area contributed by atoms with Gasteiger partial charge in [0.1, 0.15) is 0 Å². The van der Waals surface area contributed by atoms with Gasteiger partial charge in [0.15, 0.2) is 0 Å². The third kappa shape index (κ3) is 6.44. The quantitative estimate of drug-likeness (QED) is 0.276. The van der Waals surface area contributed by atoms with Gasteiger partial charge in [-0.15, -0.1) is 0 Å². The van der Waals surface area contributed by atoms with Gasteiger partial charge in [-0.3, -0.25) is 0 Å². The SMILES string of the molecule is CC(C)[Si](OC(CCCOCc1ccccc1)C(C)(C)C#N)(C(C)C)C(C)C. The number of hydrogen-bond donors (Lipinski definition) is 0. The van der Waals surface area contributed by atoms with Gasteiger partial charge in [-0.2, -0.15) is 5.26 Å². The summed E-state index contributed by atoms with van der Waals surface area (Å²) < 4.78 is 12.9. The molecular weight excluding hydrogens is 362 g/mol. The molecule has 0 radical (unpaired) electrons. The molecule has 158 valence electrons. The largest absolute Gasteiger partial charge is 0.412 e. The monoisotopic (exact) mass is 403 g/mol. The Balaban J connectivity index is 2.79. The molecule has 0 saturated carbocycles. The fraction of sp³-hybridized carbons (Fsp3) is 0.708. The molecule has 0 amide bonds. The Bertz CT molecular complexity index is 583. The maximum atomic E-state index is 9.78. The van der Waals surface area contributed by atoms with Crippen LogP contribution < -0.4 is 0 Å². The Morgan fingerprint density at radius 3 is 1.96 bits per heavy atom. The number of nitriles is 1. The van der Waals surface area contributed by atoms with Gasteiger partial charge in [0, 0.05) is 6.61 Å². The molecule has 1 unspecified atom stereocenters. The molecule has 0 aliphatic carbocycles. The Labute approximate surface area is 174 Å². The van der Waals surface area contributed by atoms with Crippen LogP contribution in [0.4, 0.5) is 0 Å². The third-order valence-electron chi connectivity index (χ3n) is 6.01. The first-order valence-electron chi connectivity index (χ1n) is 10.8. The third-order valence-corrected chi connectivity index (χ3v) is 12.1. The summed E-state index contributed by atoms with van der Waals surface area (Å²) in [6, 6.07) is 12.8. The van der Waals surface area contributed by atoms with Gasteiger partial charge in [0.05, 0.1) is 24.2 Å². The smallest absolute Gasteiger partial charge is 0.200 e. The Morgan fingerprint density at radius 2 is 1.50 bits per heavy atom. The van der Waals surface area contributed by atoms with Crippen molar-refractivity contribution in [2.75, 3.05) is 6.61 Å². The molecule has 28 heavy (non-hydrogen) atoms. The Morgan fingerprint density at radius 1 is 0.964 bits per heavy atom. The van der Waals surface area contributed by atoms with Crippen molar-refractivity contribution in [1.29, 1.82) is 5.26 Å². The first kappa shape index (κ1) is 24.9. The van der Waals surface area contributed by atoms with E-state index < -0.39 is 13.7 Å². The zero-order valence-electron chi connectivity index (χ0n) is 19.3. The van der Waals surface area contributed by atoms with E-state index >= 15 is 0 Å². The molecule has 1 aromatic carbocycles. The van der Waals surface area contributed by atoms with Crippen LogP contribution in [0.3, 0.4) is 0 Å². The van der Waals surface area contributed by atoms with Gasteiger partial charge >= 0.3 is 0 Å². The molecule has 0 spiro atoms. The van der Waals surface area contributed by atoms with Crippen molar-refractivity contribution < 1.29 is 9.16 Å². The lowest BCUT2D eigenvalue weighted by Gasteiger charge is -2.47. The maximum Gasteiger partial charge on any atom is 0.200 e. The average molecular weight is 404 g/mol. The van der Waals surface area contributed by atoms with Crippen molar-refractivity contribution in [2.45, 2.75) is 97.6 Å². The number of hydrogen-bond acceptors (Lipinski definition) is 3. The van der Waals surface area contributed by atoms with Crippen LogP contribution in [-0.4, -0.2) is 21.0 Å². The van der Waals surface area contributed by atoms with Crippen molar-refractivity contribution in [3.8, 4) is 6.07 Å². The zero-order valence-corrected chi connectivity index (χ0v) is 20.3. The van der Waals surface area contributed by atoms with E-state index in [4.69, 9.17) is 9.16 Å². The molecule has 0 saturated heterocycles. The van der Waals surface area contributed by atoms with Gasteiger partial charge in [-0.1, -0.05) is 71.9 Å². The lowest BCUT2D eigenvalue weighted by atomic mass is 9.86. The van der Waals surface area contributed by atoms with Crippen molar-refractivity contribution in [3.05, 3.63) is 35.9 Å². The number of benzene rings is 1. The van der Waals surface area contributed by atoms with Crippen LogP contribution >= 0.6 is 0 Å². The minimum absolute atomic E-state index is 0.0586. The summed E-state index contributed by atoms with van der Waals surface area (Å²) in [6.07, 6.45) is 1.70. The van der Waals surface area contributed by atoms with Gasteiger partial charge in [0.25, 0.3) is 0 Å². The van der Waals surface area contributed by atoms with Crippen LogP contribution in [0.25, 0.3) is 0 Å². The van der Waals surface area contributed by atoms with Crippen LogP contribution in [0.1, 0.15) is 73.8 Å². The molecule has 0 aromatic heterocycles. The van der Waals surface area contributed by atoms with Crippen molar-refractivity contribution in [3.63, 3.8) is 0 Å². The molecular formula is C24H41NO2Si. The Kier molecular flexibility index (Phi) is 9.90. The fourth-order valence-corrected chi connectivity index (χ4v) is 10.2. The summed E-state index contributed by atoms with van der Waals surface area (Å²) in [5, 5.41) is 9.78. The minimum Gasteiger partial charge on any atom is -0.412 e. The highest BCUT2D eigenvalue weighted by Crippen LogP contribution is 2.45. The lowest BCUT2D eigenvalue weighted by Crippen LogP contribution is -2.52. The summed E-state index contributed by atoms with van der Waals surface area (Å²) >= 11 is 0. The molecule has 1 atom stereocenters. The summed E-state index contributed by atoms with van der Waals surface area (Å²) in [5.74, 6) is 0. The second-order valence-electron chi connectivity index (χ2n) is 9.44. The van der Waals surface area contributed by atoms with Gasteiger partial charge in [0.2, 0.25) is 8.32 Å². The first-order valence-corrected chi connectivity index (χ1v) is 12.9. The van der Waals surface area contributed by atoms with Crippen LogP contribution in [0, 0.1) is 16.7 Å². The minimum atomic E-state index is -2.03.